The summed E-state index contributed by atoms with van der Waals surface area (Å²) < 4.78 is 2.35. The van der Waals surface area contributed by atoms with Crippen LogP contribution in [0, 0.1) is 5.92 Å². The number of nitrogens with zero attached hydrogens (tertiary/aromatic N) is 1. The first-order valence-electron chi connectivity index (χ1n) is 6.63. The van der Waals surface area contributed by atoms with Crippen LogP contribution in [0.1, 0.15) is 41.7 Å². The number of ketones is 1. The summed E-state index contributed by atoms with van der Waals surface area (Å²) in [4.78, 5) is 11.8. The quantitative estimate of drug-likeness (QED) is 0.803. The molecule has 1 aromatic heterocycles. The van der Waals surface area contributed by atoms with Crippen molar-refractivity contribution in [1.82, 2.24) is 4.57 Å². The Morgan fingerprint density at radius 2 is 2.12 bits per heavy atom. The van der Waals surface area contributed by atoms with Crippen LogP contribution < -0.4 is 0 Å². The SMILES string of the molecule is O=C1CCCc2c1ccn2CC1CCSCC1. The van der Waals surface area contributed by atoms with E-state index in [4.69, 9.17) is 0 Å². The van der Waals surface area contributed by atoms with E-state index in [1.54, 1.807) is 0 Å². The topological polar surface area (TPSA) is 22.0 Å². The van der Waals surface area contributed by atoms with Gasteiger partial charge >= 0.3 is 0 Å². The zero-order valence-corrected chi connectivity index (χ0v) is 11.0. The highest BCUT2D eigenvalue weighted by atomic mass is 32.2. The molecule has 3 heteroatoms. The number of Topliss-reactive ketones (excluding diaryl/α,β-unsaturated/α-hetero) is 1. The van der Waals surface area contributed by atoms with E-state index < -0.39 is 0 Å². The van der Waals surface area contributed by atoms with Crippen molar-refractivity contribution in [3.8, 4) is 0 Å². The molecule has 2 heterocycles. The van der Waals surface area contributed by atoms with Crippen molar-refractivity contribution in [1.29, 1.82) is 0 Å². The third kappa shape index (κ3) is 2.30. The maximum Gasteiger partial charge on any atom is 0.164 e. The summed E-state index contributed by atoms with van der Waals surface area (Å²) in [6.07, 6.45) is 7.69. The fraction of sp³-hybridized carbons (Fsp3) is 0.643. The molecule has 1 aromatic rings. The predicted octanol–water partition coefficient (Wildman–Crippen LogP) is 3.15. The number of rotatable bonds is 2. The lowest BCUT2D eigenvalue weighted by atomic mass is 9.96. The highest BCUT2D eigenvalue weighted by Gasteiger charge is 2.22. The van der Waals surface area contributed by atoms with Crippen LogP contribution in [0.5, 0.6) is 0 Å². The standard InChI is InChI=1S/C14H19NOS/c16-14-3-1-2-13-12(14)4-7-15(13)10-11-5-8-17-9-6-11/h4,7,11H,1-3,5-6,8-10H2. The average molecular weight is 249 g/mol. The Bertz CT molecular complexity index is 418. The van der Waals surface area contributed by atoms with Crippen LogP contribution in [0.3, 0.4) is 0 Å². The maximum absolute atomic E-state index is 11.8. The van der Waals surface area contributed by atoms with Crippen molar-refractivity contribution in [2.24, 2.45) is 5.92 Å². The first-order valence-corrected chi connectivity index (χ1v) is 7.79. The summed E-state index contributed by atoms with van der Waals surface area (Å²) >= 11 is 2.08. The smallest absolute Gasteiger partial charge is 0.164 e. The van der Waals surface area contributed by atoms with E-state index in [2.05, 4.69) is 22.5 Å². The van der Waals surface area contributed by atoms with Gasteiger partial charge in [-0.2, -0.15) is 11.8 Å². The maximum atomic E-state index is 11.8. The van der Waals surface area contributed by atoms with E-state index in [1.807, 2.05) is 6.07 Å². The van der Waals surface area contributed by atoms with Gasteiger partial charge in [-0.25, -0.2) is 0 Å². The lowest BCUT2D eigenvalue weighted by Crippen LogP contribution is -2.19. The van der Waals surface area contributed by atoms with Crippen LogP contribution in [-0.4, -0.2) is 21.9 Å². The largest absolute Gasteiger partial charge is 0.350 e. The van der Waals surface area contributed by atoms with E-state index in [0.29, 0.717) is 5.78 Å². The molecule has 0 aromatic carbocycles. The van der Waals surface area contributed by atoms with Gasteiger partial charge in [0.2, 0.25) is 0 Å². The van der Waals surface area contributed by atoms with Gasteiger partial charge in [0.05, 0.1) is 0 Å². The number of hydrogen-bond donors (Lipinski definition) is 0. The minimum atomic E-state index is 0.351. The van der Waals surface area contributed by atoms with Crippen molar-refractivity contribution < 1.29 is 4.79 Å². The predicted molar refractivity (Wildman–Crippen MR) is 71.7 cm³/mol. The highest BCUT2D eigenvalue weighted by molar-refractivity contribution is 7.99. The Kier molecular flexibility index (Phi) is 3.28. The second kappa shape index (κ2) is 4.89. The van der Waals surface area contributed by atoms with Gasteiger partial charge in [-0.15, -0.1) is 0 Å². The zero-order valence-electron chi connectivity index (χ0n) is 10.2. The molecule has 1 fully saturated rings. The van der Waals surface area contributed by atoms with Gasteiger partial charge in [0.15, 0.2) is 5.78 Å². The van der Waals surface area contributed by atoms with Crippen molar-refractivity contribution in [3.63, 3.8) is 0 Å². The van der Waals surface area contributed by atoms with Gasteiger partial charge in [0, 0.05) is 30.4 Å². The summed E-state index contributed by atoms with van der Waals surface area (Å²) in [7, 11) is 0. The van der Waals surface area contributed by atoms with Gasteiger partial charge in [-0.3, -0.25) is 4.79 Å². The lowest BCUT2D eigenvalue weighted by molar-refractivity contribution is 0.0971. The van der Waals surface area contributed by atoms with Gasteiger partial charge in [-0.1, -0.05) is 0 Å². The minimum Gasteiger partial charge on any atom is -0.350 e. The lowest BCUT2D eigenvalue weighted by Gasteiger charge is -2.24. The first-order chi connectivity index (χ1) is 8.34. The van der Waals surface area contributed by atoms with Crippen molar-refractivity contribution in [3.05, 3.63) is 23.5 Å². The molecule has 1 aliphatic heterocycles. The van der Waals surface area contributed by atoms with Gasteiger partial charge in [0.1, 0.15) is 0 Å². The molecule has 1 aliphatic carbocycles. The molecule has 0 spiro atoms. The molecule has 0 bridgehead atoms. The molecule has 1 saturated heterocycles. The second-order valence-corrected chi connectivity index (χ2v) is 6.39. The van der Waals surface area contributed by atoms with Crippen LogP contribution in [0.2, 0.25) is 0 Å². The Morgan fingerprint density at radius 3 is 2.94 bits per heavy atom. The van der Waals surface area contributed by atoms with Crippen LogP contribution in [-0.2, 0) is 13.0 Å². The van der Waals surface area contributed by atoms with E-state index in [1.165, 1.54) is 30.0 Å². The number of hydrogen-bond acceptors (Lipinski definition) is 2. The zero-order chi connectivity index (χ0) is 11.7. The summed E-state index contributed by atoms with van der Waals surface area (Å²) in [5.41, 5.74) is 2.31. The Hall–Kier alpha value is -0.700. The fourth-order valence-electron chi connectivity index (χ4n) is 2.97. The van der Waals surface area contributed by atoms with E-state index >= 15 is 0 Å². The van der Waals surface area contributed by atoms with E-state index in [-0.39, 0.29) is 0 Å². The van der Waals surface area contributed by atoms with Crippen LogP contribution >= 0.6 is 11.8 Å². The van der Waals surface area contributed by atoms with Crippen LogP contribution in [0.15, 0.2) is 12.3 Å². The number of carbonyl (C=O) groups is 1. The summed E-state index contributed by atoms with van der Waals surface area (Å²) in [6.45, 7) is 1.13. The number of carbonyl (C=O) groups excluding carboxylic acids is 1. The van der Waals surface area contributed by atoms with Crippen LogP contribution in [0.25, 0.3) is 0 Å². The fourth-order valence-corrected chi connectivity index (χ4v) is 4.17. The molecule has 0 N–H and O–H groups in total. The second-order valence-electron chi connectivity index (χ2n) is 5.16. The molecule has 0 amide bonds. The van der Waals surface area contributed by atoms with Crippen molar-refractivity contribution in [2.45, 2.75) is 38.6 Å². The summed E-state index contributed by atoms with van der Waals surface area (Å²) in [5.74, 6) is 3.80. The molecule has 0 radical (unpaired) electrons. The number of thioether (sulfide) groups is 1. The first kappa shape index (κ1) is 11.4. The molecule has 2 nitrogen and oxygen atoms in total. The minimum absolute atomic E-state index is 0.351. The third-order valence-electron chi connectivity index (χ3n) is 3.99. The average Bonchev–Trinajstić information content (AvgIpc) is 2.76. The molecular formula is C14H19NOS. The van der Waals surface area contributed by atoms with E-state index in [9.17, 15) is 4.79 Å². The Labute approximate surface area is 107 Å². The molecule has 0 atom stereocenters. The monoisotopic (exact) mass is 249 g/mol. The van der Waals surface area contributed by atoms with Crippen LogP contribution in [0.4, 0.5) is 0 Å². The summed E-state index contributed by atoms with van der Waals surface area (Å²) in [6, 6.07) is 2.04. The van der Waals surface area contributed by atoms with E-state index in [0.717, 1.165) is 37.3 Å². The van der Waals surface area contributed by atoms with Gasteiger partial charge in [-0.05, 0) is 49.2 Å². The van der Waals surface area contributed by atoms with Crippen molar-refractivity contribution in [2.75, 3.05) is 11.5 Å². The molecule has 0 unspecified atom stereocenters. The number of fused-ring (bicyclic) bond motifs is 1. The molecule has 0 saturated carbocycles. The molecule has 17 heavy (non-hydrogen) atoms. The normalized spacial score (nSPS) is 21.5. The van der Waals surface area contributed by atoms with Gasteiger partial charge in [0.25, 0.3) is 0 Å². The highest BCUT2D eigenvalue weighted by Crippen LogP contribution is 2.27. The Balaban J connectivity index is 1.77. The molecule has 92 valence electrons. The molecular weight excluding hydrogens is 230 g/mol. The van der Waals surface area contributed by atoms with Crippen molar-refractivity contribution >= 4 is 17.5 Å². The third-order valence-corrected chi connectivity index (χ3v) is 5.04. The Morgan fingerprint density at radius 1 is 1.29 bits per heavy atom. The molecule has 3 rings (SSSR count). The molecule has 2 aliphatic rings. The summed E-state index contributed by atoms with van der Waals surface area (Å²) in [5, 5.41) is 0. The van der Waals surface area contributed by atoms with Gasteiger partial charge < -0.3 is 4.57 Å². The number of aromatic nitrogens is 1.